The van der Waals surface area contributed by atoms with E-state index in [9.17, 15) is 4.79 Å². The molecule has 0 atom stereocenters. The summed E-state index contributed by atoms with van der Waals surface area (Å²) in [6.45, 7) is 3.71. The minimum Gasteiger partial charge on any atom is -0.465 e. The Morgan fingerprint density at radius 1 is 1.44 bits per heavy atom. The first-order chi connectivity index (χ1) is 8.65. The van der Waals surface area contributed by atoms with E-state index in [1.54, 1.807) is 19.3 Å². The predicted molar refractivity (Wildman–Crippen MR) is 69.2 cm³/mol. The van der Waals surface area contributed by atoms with Gasteiger partial charge in [0.25, 0.3) is 0 Å². The molecule has 1 aliphatic heterocycles. The number of ether oxygens (including phenoxy) is 1. The van der Waals surface area contributed by atoms with Crippen molar-refractivity contribution in [2.45, 2.75) is 25.3 Å². The second-order valence-corrected chi connectivity index (χ2v) is 4.57. The molecule has 1 aliphatic rings. The Kier molecular flexibility index (Phi) is 3.81. The standard InChI is InChI=1S/C13H19N3O2/c1-2-18-12(17)13(14)5-9-16(10-6-13)11-3-7-15-8-4-11/h3-4,7-8H,2,5-6,9-10,14H2,1H3. The van der Waals surface area contributed by atoms with Gasteiger partial charge in [0.2, 0.25) is 0 Å². The van der Waals surface area contributed by atoms with Crippen LogP contribution < -0.4 is 10.6 Å². The molecule has 0 spiro atoms. The second kappa shape index (κ2) is 5.35. The number of piperidine rings is 1. The van der Waals surface area contributed by atoms with Gasteiger partial charge in [0.15, 0.2) is 0 Å². The first-order valence-corrected chi connectivity index (χ1v) is 6.27. The number of anilines is 1. The highest BCUT2D eigenvalue weighted by Crippen LogP contribution is 2.25. The molecule has 0 radical (unpaired) electrons. The Hall–Kier alpha value is -1.62. The Balaban J connectivity index is 1.97. The second-order valence-electron chi connectivity index (χ2n) is 4.57. The maximum atomic E-state index is 11.8. The molecule has 0 amide bonds. The van der Waals surface area contributed by atoms with Gasteiger partial charge in [-0.1, -0.05) is 0 Å². The van der Waals surface area contributed by atoms with Crippen molar-refractivity contribution in [3.8, 4) is 0 Å². The highest BCUT2D eigenvalue weighted by molar-refractivity contribution is 5.81. The number of nitrogens with zero attached hydrogens (tertiary/aromatic N) is 2. The zero-order chi connectivity index (χ0) is 13.0. The van der Waals surface area contributed by atoms with Crippen molar-refractivity contribution in [2.75, 3.05) is 24.6 Å². The maximum absolute atomic E-state index is 11.8. The summed E-state index contributed by atoms with van der Waals surface area (Å²) in [5.74, 6) is -0.278. The molecule has 98 valence electrons. The minimum absolute atomic E-state index is 0.278. The normalized spacial score (nSPS) is 18.4. The zero-order valence-electron chi connectivity index (χ0n) is 10.6. The van der Waals surface area contributed by atoms with Crippen LogP contribution in [0.2, 0.25) is 0 Å². The average molecular weight is 249 g/mol. The number of pyridine rings is 1. The highest BCUT2D eigenvalue weighted by Gasteiger charge is 2.38. The molecular formula is C13H19N3O2. The van der Waals surface area contributed by atoms with Crippen LogP contribution in [-0.2, 0) is 9.53 Å². The zero-order valence-corrected chi connectivity index (χ0v) is 10.6. The van der Waals surface area contributed by atoms with E-state index in [0.29, 0.717) is 19.4 Å². The number of nitrogens with two attached hydrogens (primary N) is 1. The molecular weight excluding hydrogens is 230 g/mol. The third-order valence-electron chi connectivity index (χ3n) is 3.37. The molecule has 1 aromatic rings. The molecule has 2 heterocycles. The molecule has 5 heteroatoms. The van der Waals surface area contributed by atoms with Gasteiger partial charge in [-0.3, -0.25) is 9.78 Å². The van der Waals surface area contributed by atoms with Gasteiger partial charge in [-0.25, -0.2) is 0 Å². The van der Waals surface area contributed by atoms with Crippen molar-refractivity contribution in [1.29, 1.82) is 0 Å². The Morgan fingerprint density at radius 2 is 2.06 bits per heavy atom. The van der Waals surface area contributed by atoms with E-state index >= 15 is 0 Å². The van der Waals surface area contributed by atoms with Crippen molar-refractivity contribution < 1.29 is 9.53 Å². The van der Waals surface area contributed by atoms with Gasteiger partial charge < -0.3 is 15.4 Å². The first kappa shape index (κ1) is 12.8. The summed E-state index contributed by atoms with van der Waals surface area (Å²) in [7, 11) is 0. The summed E-state index contributed by atoms with van der Waals surface area (Å²) >= 11 is 0. The number of esters is 1. The van der Waals surface area contributed by atoms with Gasteiger partial charge in [-0.15, -0.1) is 0 Å². The number of aromatic nitrogens is 1. The topological polar surface area (TPSA) is 68.5 Å². The van der Waals surface area contributed by atoms with Crippen LogP contribution in [0.15, 0.2) is 24.5 Å². The van der Waals surface area contributed by atoms with E-state index in [1.165, 1.54) is 0 Å². The van der Waals surface area contributed by atoms with Crippen LogP contribution in [0, 0.1) is 0 Å². The van der Waals surface area contributed by atoms with E-state index in [0.717, 1.165) is 18.8 Å². The summed E-state index contributed by atoms with van der Waals surface area (Å²) in [5, 5.41) is 0. The monoisotopic (exact) mass is 249 g/mol. The van der Waals surface area contributed by atoms with Crippen molar-refractivity contribution in [3.63, 3.8) is 0 Å². The van der Waals surface area contributed by atoms with E-state index in [4.69, 9.17) is 10.5 Å². The molecule has 1 fully saturated rings. The van der Waals surface area contributed by atoms with Crippen molar-refractivity contribution in [3.05, 3.63) is 24.5 Å². The van der Waals surface area contributed by atoms with Crippen molar-refractivity contribution in [2.24, 2.45) is 5.73 Å². The number of carbonyl (C=O) groups excluding carboxylic acids is 1. The fraction of sp³-hybridized carbons (Fsp3) is 0.538. The molecule has 2 rings (SSSR count). The van der Waals surface area contributed by atoms with E-state index < -0.39 is 5.54 Å². The molecule has 1 aromatic heterocycles. The Bertz CT molecular complexity index is 400. The molecule has 1 saturated heterocycles. The Morgan fingerprint density at radius 3 is 2.61 bits per heavy atom. The molecule has 0 unspecified atom stereocenters. The van der Waals surface area contributed by atoms with Crippen molar-refractivity contribution >= 4 is 11.7 Å². The maximum Gasteiger partial charge on any atom is 0.326 e. The summed E-state index contributed by atoms with van der Waals surface area (Å²) < 4.78 is 5.03. The van der Waals surface area contributed by atoms with E-state index in [-0.39, 0.29) is 5.97 Å². The van der Waals surface area contributed by atoms with Gasteiger partial charge in [-0.2, -0.15) is 0 Å². The van der Waals surface area contributed by atoms with Crippen LogP contribution in [0.3, 0.4) is 0 Å². The fourth-order valence-corrected chi connectivity index (χ4v) is 2.20. The lowest BCUT2D eigenvalue weighted by Crippen LogP contribution is -2.56. The largest absolute Gasteiger partial charge is 0.465 e. The fourth-order valence-electron chi connectivity index (χ4n) is 2.20. The average Bonchev–Trinajstić information content (AvgIpc) is 2.41. The number of rotatable bonds is 3. The molecule has 2 N–H and O–H groups in total. The van der Waals surface area contributed by atoms with Gasteiger partial charge in [0.05, 0.1) is 6.61 Å². The lowest BCUT2D eigenvalue weighted by Gasteiger charge is -2.38. The van der Waals surface area contributed by atoms with Gasteiger partial charge in [-0.05, 0) is 31.9 Å². The van der Waals surface area contributed by atoms with Crippen LogP contribution in [-0.4, -0.2) is 36.2 Å². The van der Waals surface area contributed by atoms with Gasteiger partial charge in [0.1, 0.15) is 5.54 Å². The molecule has 18 heavy (non-hydrogen) atoms. The highest BCUT2D eigenvalue weighted by atomic mass is 16.5. The third kappa shape index (κ3) is 2.61. The predicted octanol–water partition coefficient (Wildman–Crippen LogP) is 0.942. The quantitative estimate of drug-likeness (QED) is 0.807. The summed E-state index contributed by atoms with van der Waals surface area (Å²) in [6, 6.07) is 3.93. The first-order valence-electron chi connectivity index (χ1n) is 6.27. The van der Waals surface area contributed by atoms with E-state index in [1.807, 2.05) is 12.1 Å². The van der Waals surface area contributed by atoms with Crippen LogP contribution >= 0.6 is 0 Å². The van der Waals surface area contributed by atoms with Crippen LogP contribution in [0.4, 0.5) is 5.69 Å². The lowest BCUT2D eigenvalue weighted by molar-refractivity contribution is -0.150. The molecule has 0 aliphatic carbocycles. The Labute approximate surface area is 107 Å². The van der Waals surface area contributed by atoms with Crippen molar-refractivity contribution in [1.82, 2.24) is 4.98 Å². The third-order valence-corrected chi connectivity index (χ3v) is 3.37. The summed E-state index contributed by atoms with van der Waals surface area (Å²) in [6.07, 6.45) is 4.78. The smallest absolute Gasteiger partial charge is 0.326 e. The molecule has 0 bridgehead atoms. The van der Waals surface area contributed by atoms with Crippen LogP contribution in [0.25, 0.3) is 0 Å². The molecule has 0 saturated carbocycles. The molecule has 0 aromatic carbocycles. The van der Waals surface area contributed by atoms with E-state index in [2.05, 4.69) is 9.88 Å². The minimum atomic E-state index is -0.820. The number of hydrogen-bond donors (Lipinski definition) is 1. The SMILES string of the molecule is CCOC(=O)C1(N)CCN(c2ccncc2)CC1. The lowest BCUT2D eigenvalue weighted by atomic mass is 9.88. The van der Waals surface area contributed by atoms with Crippen LogP contribution in [0.1, 0.15) is 19.8 Å². The number of carbonyl (C=O) groups is 1. The summed E-state index contributed by atoms with van der Waals surface area (Å²) in [4.78, 5) is 18.0. The van der Waals surface area contributed by atoms with Gasteiger partial charge in [0, 0.05) is 31.2 Å². The van der Waals surface area contributed by atoms with Crippen LogP contribution in [0.5, 0.6) is 0 Å². The summed E-state index contributed by atoms with van der Waals surface area (Å²) in [5.41, 5.74) is 6.42. The van der Waals surface area contributed by atoms with Gasteiger partial charge >= 0.3 is 5.97 Å². The number of hydrogen-bond acceptors (Lipinski definition) is 5. The molecule has 5 nitrogen and oxygen atoms in total.